The predicted molar refractivity (Wildman–Crippen MR) is 44.6 cm³/mol. The van der Waals surface area contributed by atoms with E-state index in [1.807, 2.05) is 0 Å². The van der Waals surface area contributed by atoms with Crippen molar-refractivity contribution in [3.05, 3.63) is 0 Å². The lowest BCUT2D eigenvalue weighted by Crippen LogP contribution is -2.25. The zero-order valence-electron chi connectivity index (χ0n) is 7.03. The highest BCUT2D eigenvalue weighted by molar-refractivity contribution is 6.69. The molecule has 0 aromatic carbocycles. The molecule has 58 valence electrons. The van der Waals surface area contributed by atoms with Crippen LogP contribution in [0.1, 0.15) is 13.3 Å². The van der Waals surface area contributed by atoms with Gasteiger partial charge in [-0.15, -0.1) is 0 Å². The summed E-state index contributed by atoms with van der Waals surface area (Å²) in [5.74, 6) is 0. The summed E-state index contributed by atoms with van der Waals surface area (Å²) in [4.78, 5) is 0. The minimum Gasteiger partial charge on any atom is -0.418 e. The molecule has 0 atom stereocenters. The number of hydrogen-bond donors (Lipinski definition) is 1. The van der Waals surface area contributed by atoms with Crippen LogP contribution in [-0.4, -0.2) is 14.9 Å². The quantitative estimate of drug-likeness (QED) is 0.626. The first-order valence-corrected chi connectivity index (χ1v) is 6.61. The van der Waals surface area contributed by atoms with Gasteiger partial charge < -0.3 is 10.6 Å². The van der Waals surface area contributed by atoms with Gasteiger partial charge in [-0.05, 0) is 26.1 Å². The molecule has 0 spiro atoms. The normalized spacial score (nSPS) is 10.7. The monoisotopic (exact) mass is 149 g/mol. The molecule has 0 amide bonds. The summed E-state index contributed by atoms with van der Waals surface area (Å²) in [5, 5.41) is 0. The predicted octanol–water partition coefficient (Wildman–Crippen LogP) is 2.41. The maximum absolute atomic E-state index is 5.52. The van der Waals surface area contributed by atoms with Crippen molar-refractivity contribution >= 4 is 8.32 Å². The zero-order valence-corrected chi connectivity index (χ0v) is 8.03. The van der Waals surface area contributed by atoms with Crippen LogP contribution in [0.25, 0.3) is 0 Å². The second kappa shape index (κ2) is 4.96. The van der Waals surface area contributed by atoms with Gasteiger partial charge in [-0.2, -0.15) is 0 Å². The fourth-order valence-electron chi connectivity index (χ4n) is 0.408. The molecule has 0 saturated heterocycles. The SMILES string of the molecule is CCCO[Si](C)(C)C.N. The minimum absolute atomic E-state index is 0. The van der Waals surface area contributed by atoms with E-state index in [0.717, 1.165) is 13.0 Å². The molecular weight excluding hydrogens is 130 g/mol. The molecule has 0 fully saturated rings. The van der Waals surface area contributed by atoms with E-state index >= 15 is 0 Å². The largest absolute Gasteiger partial charge is 0.418 e. The third-order valence-corrected chi connectivity index (χ3v) is 1.81. The van der Waals surface area contributed by atoms with Gasteiger partial charge in [0.25, 0.3) is 0 Å². The van der Waals surface area contributed by atoms with Gasteiger partial charge in [0.15, 0.2) is 8.32 Å². The summed E-state index contributed by atoms with van der Waals surface area (Å²) >= 11 is 0. The van der Waals surface area contributed by atoms with Gasteiger partial charge in [-0.3, -0.25) is 0 Å². The molecule has 0 rings (SSSR count). The summed E-state index contributed by atoms with van der Waals surface area (Å²) in [6.07, 6.45) is 1.14. The van der Waals surface area contributed by atoms with Gasteiger partial charge in [0.1, 0.15) is 0 Å². The van der Waals surface area contributed by atoms with Gasteiger partial charge in [-0.25, -0.2) is 0 Å². The van der Waals surface area contributed by atoms with Gasteiger partial charge in [0, 0.05) is 6.61 Å². The van der Waals surface area contributed by atoms with Crippen LogP contribution in [0.5, 0.6) is 0 Å². The second-order valence-corrected chi connectivity index (χ2v) is 7.47. The van der Waals surface area contributed by atoms with Crippen LogP contribution < -0.4 is 6.15 Å². The Bertz CT molecular complexity index is 60.6. The first kappa shape index (κ1) is 11.9. The summed E-state index contributed by atoms with van der Waals surface area (Å²) in [6, 6.07) is 0. The Balaban J connectivity index is 0. The topological polar surface area (TPSA) is 44.2 Å². The molecule has 3 heteroatoms. The smallest absolute Gasteiger partial charge is 0.183 e. The molecule has 2 nitrogen and oxygen atoms in total. The fraction of sp³-hybridized carbons (Fsp3) is 1.00. The molecule has 0 saturated carbocycles. The Morgan fingerprint density at radius 3 is 1.78 bits per heavy atom. The highest BCUT2D eigenvalue weighted by atomic mass is 28.4. The number of hydrogen-bond acceptors (Lipinski definition) is 2. The van der Waals surface area contributed by atoms with E-state index in [1.165, 1.54) is 0 Å². The lowest BCUT2D eigenvalue weighted by Gasteiger charge is -2.15. The van der Waals surface area contributed by atoms with Gasteiger partial charge >= 0.3 is 0 Å². The van der Waals surface area contributed by atoms with E-state index in [9.17, 15) is 0 Å². The van der Waals surface area contributed by atoms with Gasteiger partial charge in [0.05, 0.1) is 0 Å². The number of rotatable bonds is 3. The molecule has 3 N–H and O–H groups in total. The highest BCUT2D eigenvalue weighted by Crippen LogP contribution is 2.01. The lowest BCUT2D eigenvalue weighted by molar-refractivity contribution is 0.311. The van der Waals surface area contributed by atoms with Crippen molar-refractivity contribution in [3.8, 4) is 0 Å². The van der Waals surface area contributed by atoms with Crippen molar-refractivity contribution < 1.29 is 4.43 Å². The lowest BCUT2D eigenvalue weighted by atomic mass is 10.5. The van der Waals surface area contributed by atoms with E-state index in [-0.39, 0.29) is 6.15 Å². The molecule has 0 aliphatic carbocycles. The van der Waals surface area contributed by atoms with Gasteiger partial charge in [0.2, 0.25) is 0 Å². The molecule has 0 heterocycles. The van der Waals surface area contributed by atoms with Crippen LogP contribution >= 0.6 is 0 Å². The van der Waals surface area contributed by atoms with E-state index in [4.69, 9.17) is 4.43 Å². The Labute approximate surface area is 59.3 Å². The van der Waals surface area contributed by atoms with Crippen LogP contribution in [0, 0.1) is 0 Å². The van der Waals surface area contributed by atoms with Crippen molar-refractivity contribution in [1.29, 1.82) is 0 Å². The standard InChI is InChI=1S/C6H16OSi.H3N/c1-5-6-7-8(2,3)4;/h5-6H2,1-4H3;1H3. The van der Waals surface area contributed by atoms with E-state index in [0.29, 0.717) is 0 Å². The summed E-state index contributed by atoms with van der Waals surface area (Å²) in [5.41, 5.74) is 0. The van der Waals surface area contributed by atoms with E-state index in [1.54, 1.807) is 0 Å². The Morgan fingerprint density at radius 2 is 1.67 bits per heavy atom. The van der Waals surface area contributed by atoms with Crippen molar-refractivity contribution in [2.45, 2.75) is 33.0 Å². The van der Waals surface area contributed by atoms with E-state index < -0.39 is 8.32 Å². The molecule has 0 aliphatic heterocycles. The third-order valence-electron chi connectivity index (χ3n) is 0.739. The fourth-order valence-corrected chi connectivity index (χ4v) is 1.22. The van der Waals surface area contributed by atoms with Crippen molar-refractivity contribution in [2.75, 3.05) is 6.61 Å². The Morgan fingerprint density at radius 1 is 1.22 bits per heavy atom. The summed E-state index contributed by atoms with van der Waals surface area (Å²) in [6.45, 7) is 9.71. The molecule has 0 radical (unpaired) electrons. The average Bonchev–Trinajstić information content (AvgIpc) is 1.59. The van der Waals surface area contributed by atoms with Crippen molar-refractivity contribution in [2.24, 2.45) is 0 Å². The first-order chi connectivity index (χ1) is 3.56. The summed E-state index contributed by atoms with van der Waals surface area (Å²) in [7, 11) is -1.18. The average molecular weight is 149 g/mol. The van der Waals surface area contributed by atoms with Crippen LogP contribution in [0.3, 0.4) is 0 Å². The van der Waals surface area contributed by atoms with Crippen molar-refractivity contribution in [3.63, 3.8) is 0 Å². The molecule has 9 heavy (non-hydrogen) atoms. The minimum atomic E-state index is -1.18. The van der Waals surface area contributed by atoms with Crippen LogP contribution in [-0.2, 0) is 4.43 Å². The third kappa shape index (κ3) is 11.6. The zero-order chi connectivity index (χ0) is 6.62. The Hall–Kier alpha value is 0.137. The molecule has 0 bridgehead atoms. The second-order valence-electron chi connectivity index (χ2n) is 2.96. The van der Waals surface area contributed by atoms with Crippen LogP contribution in [0.15, 0.2) is 0 Å². The van der Waals surface area contributed by atoms with Crippen molar-refractivity contribution in [1.82, 2.24) is 6.15 Å². The Kier molecular flexibility index (Phi) is 6.55. The first-order valence-electron chi connectivity index (χ1n) is 3.20. The molecule has 0 aromatic heterocycles. The molecular formula is C6H19NOSi. The maximum atomic E-state index is 5.52. The highest BCUT2D eigenvalue weighted by Gasteiger charge is 2.12. The van der Waals surface area contributed by atoms with E-state index in [2.05, 4.69) is 26.6 Å². The molecule has 0 unspecified atom stereocenters. The molecule has 0 aliphatic rings. The summed E-state index contributed by atoms with van der Waals surface area (Å²) < 4.78 is 5.52. The molecule has 0 aromatic rings. The van der Waals surface area contributed by atoms with Crippen LogP contribution in [0.2, 0.25) is 19.6 Å². The van der Waals surface area contributed by atoms with Gasteiger partial charge in [-0.1, -0.05) is 6.92 Å². The van der Waals surface area contributed by atoms with Crippen LogP contribution in [0.4, 0.5) is 0 Å². The maximum Gasteiger partial charge on any atom is 0.183 e.